The molecule has 22 heavy (non-hydrogen) atoms. The molecule has 2 aromatic rings. The van der Waals surface area contributed by atoms with E-state index in [-0.39, 0.29) is 17.8 Å². The van der Waals surface area contributed by atoms with E-state index in [1.54, 1.807) is 16.5 Å². The Morgan fingerprint density at radius 1 is 1.27 bits per heavy atom. The number of carbonyl (C=O) groups is 1. The maximum absolute atomic E-state index is 11.9. The summed E-state index contributed by atoms with van der Waals surface area (Å²) in [6, 6.07) is 5.91. The topological polar surface area (TPSA) is 81.6 Å². The summed E-state index contributed by atoms with van der Waals surface area (Å²) < 4.78 is 1.62. The number of hydrogen-bond donors (Lipinski definition) is 2. The highest BCUT2D eigenvalue weighted by Gasteiger charge is 2.43. The highest BCUT2D eigenvalue weighted by molar-refractivity contribution is 5.89. The minimum Gasteiger partial charge on any atom is -0.465 e. The van der Waals surface area contributed by atoms with Crippen molar-refractivity contribution in [3.63, 3.8) is 0 Å². The molecule has 0 saturated carbocycles. The second-order valence-electron chi connectivity index (χ2n) is 6.14. The molecular weight excluding hydrogens is 284 g/mol. The van der Waals surface area contributed by atoms with Gasteiger partial charge < -0.3 is 15.0 Å². The van der Waals surface area contributed by atoms with E-state index < -0.39 is 6.09 Å². The number of H-pyrrole nitrogens is 1. The van der Waals surface area contributed by atoms with Crippen LogP contribution in [0.3, 0.4) is 0 Å². The molecule has 0 aliphatic carbocycles. The summed E-state index contributed by atoms with van der Waals surface area (Å²) in [4.78, 5) is 29.9. The summed E-state index contributed by atoms with van der Waals surface area (Å²) in [6.07, 6.45) is 1.00. The number of amides is 1. The number of piperazine rings is 1. The molecule has 7 heteroatoms. The van der Waals surface area contributed by atoms with Gasteiger partial charge in [-0.1, -0.05) is 6.07 Å². The normalized spacial score (nSPS) is 24.2. The van der Waals surface area contributed by atoms with Gasteiger partial charge in [0.15, 0.2) is 0 Å². The second kappa shape index (κ2) is 4.53. The van der Waals surface area contributed by atoms with Gasteiger partial charge in [-0.25, -0.2) is 9.59 Å². The van der Waals surface area contributed by atoms with Gasteiger partial charge in [-0.3, -0.25) is 9.47 Å². The van der Waals surface area contributed by atoms with Gasteiger partial charge in [0.1, 0.15) is 0 Å². The van der Waals surface area contributed by atoms with E-state index in [0.717, 1.165) is 29.6 Å². The molecule has 0 radical (unpaired) electrons. The van der Waals surface area contributed by atoms with Crippen LogP contribution in [-0.2, 0) is 7.05 Å². The van der Waals surface area contributed by atoms with Crippen molar-refractivity contribution in [3.05, 3.63) is 28.7 Å². The molecule has 2 atom stereocenters. The Labute approximate surface area is 126 Å². The van der Waals surface area contributed by atoms with Crippen molar-refractivity contribution in [2.75, 3.05) is 18.0 Å². The average molecular weight is 302 g/mol. The molecule has 7 nitrogen and oxygen atoms in total. The number of hydrogen-bond acceptors (Lipinski definition) is 3. The quantitative estimate of drug-likeness (QED) is 0.829. The van der Waals surface area contributed by atoms with E-state index in [9.17, 15) is 14.7 Å². The standard InChI is InChI=1S/C15H18N4O3/c1-17-13-11(16-14(17)20)3-2-4-12(13)18-7-9-5-6-10(8-18)19(9)15(21)22/h2-4,9-10H,5-8H2,1H3,(H,16,20)(H,21,22)/t9-,10+. The van der Waals surface area contributed by atoms with Crippen molar-refractivity contribution in [2.24, 2.45) is 7.05 Å². The number of imidazole rings is 1. The van der Waals surface area contributed by atoms with Gasteiger partial charge in [-0.2, -0.15) is 0 Å². The Hall–Kier alpha value is -2.44. The first-order valence-corrected chi connectivity index (χ1v) is 7.50. The summed E-state index contributed by atoms with van der Waals surface area (Å²) in [7, 11) is 1.76. The van der Waals surface area contributed by atoms with Crippen LogP contribution < -0.4 is 10.6 Å². The van der Waals surface area contributed by atoms with E-state index in [1.165, 1.54) is 0 Å². The number of nitrogens with zero attached hydrogens (tertiary/aromatic N) is 3. The minimum absolute atomic E-state index is 0.0440. The molecular formula is C15H18N4O3. The third-order valence-electron chi connectivity index (χ3n) is 4.94. The van der Waals surface area contributed by atoms with E-state index in [4.69, 9.17) is 0 Å². The van der Waals surface area contributed by atoms with Crippen LogP contribution in [0.1, 0.15) is 12.8 Å². The summed E-state index contributed by atoms with van der Waals surface area (Å²) in [5.74, 6) is 0. The van der Waals surface area contributed by atoms with E-state index in [2.05, 4.69) is 9.88 Å². The molecule has 2 bridgehead atoms. The average Bonchev–Trinajstić information content (AvgIpc) is 2.93. The molecule has 1 aromatic heterocycles. The largest absolute Gasteiger partial charge is 0.465 e. The maximum atomic E-state index is 11.9. The molecule has 2 fully saturated rings. The molecule has 4 rings (SSSR count). The number of aromatic amines is 1. The lowest BCUT2D eigenvalue weighted by atomic mass is 10.1. The van der Waals surface area contributed by atoms with Crippen molar-refractivity contribution in [1.82, 2.24) is 14.5 Å². The van der Waals surface area contributed by atoms with Crippen LogP contribution in [0.5, 0.6) is 0 Å². The number of para-hydroxylation sites is 1. The van der Waals surface area contributed by atoms with E-state index >= 15 is 0 Å². The number of anilines is 1. The van der Waals surface area contributed by atoms with Gasteiger partial charge in [0.2, 0.25) is 0 Å². The number of fused-ring (bicyclic) bond motifs is 3. The molecule has 0 spiro atoms. The van der Waals surface area contributed by atoms with Gasteiger partial charge in [0, 0.05) is 20.1 Å². The Bertz CT molecular complexity index is 795. The first-order chi connectivity index (χ1) is 10.6. The van der Waals surface area contributed by atoms with Gasteiger partial charge in [0.05, 0.1) is 28.8 Å². The van der Waals surface area contributed by atoms with Crippen molar-refractivity contribution >= 4 is 22.8 Å². The first kappa shape index (κ1) is 13.2. The highest BCUT2D eigenvalue weighted by atomic mass is 16.4. The molecule has 1 aromatic carbocycles. The van der Waals surface area contributed by atoms with Crippen LogP contribution in [0.2, 0.25) is 0 Å². The number of rotatable bonds is 1. The Morgan fingerprint density at radius 2 is 1.95 bits per heavy atom. The van der Waals surface area contributed by atoms with Crippen LogP contribution >= 0.6 is 0 Å². The summed E-state index contributed by atoms with van der Waals surface area (Å²) in [6.45, 7) is 1.36. The summed E-state index contributed by atoms with van der Waals surface area (Å²) in [5, 5.41) is 9.35. The smallest absolute Gasteiger partial charge is 0.407 e. The third kappa shape index (κ3) is 1.74. The Morgan fingerprint density at radius 3 is 2.59 bits per heavy atom. The molecule has 2 aliphatic heterocycles. The zero-order valence-corrected chi connectivity index (χ0v) is 12.3. The third-order valence-corrected chi connectivity index (χ3v) is 4.94. The van der Waals surface area contributed by atoms with Crippen molar-refractivity contribution in [3.8, 4) is 0 Å². The van der Waals surface area contributed by atoms with Crippen LogP contribution in [0.4, 0.5) is 10.5 Å². The number of aromatic nitrogens is 2. The Balaban J connectivity index is 1.76. The summed E-state index contributed by atoms with van der Waals surface area (Å²) >= 11 is 0. The van der Waals surface area contributed by atoms with Gasteiger partial charge in [0.25, 0.3) is 0 Å². The maximum Gasteiger partial charge on any atom is 0.407 e. The summed E-state index contributed by atoms with van der Waals surface area (Å²) in [5.41, 5.74) is 2.57. The fourth-order valence-corrected chi connectivity index (χ4v) is 3.95. The Kier molecular flexibility index (Phi) is 2.72. The van der Waals surface area contributed by atoms with E-state index in [1.807, 2.05) is 18.2 Å². The van der Waals surface area contributed by atoms with Crippen LogP contribution in [-0.4, -0.2) is 50.8 Å². The second-order valence-corrected chi connectivity index (χ2v) is 6.14. The van der Waals surface area contributed by atoms with Crippen LogP contribution in [0.25, 0.3) is 11.0 Å². The van der Waals surface area contributed by atoms with Crippen LogP contribution in [0, 0.1) is 0 Å². The molecule has 2 N–H and O–H groups in total. The van der Waals surface area contributed by atoms with Gasteiger partial charge >= 0.3 is 11.8 Å². The SMILES string of the molecule is Cn1c(=O)[nH]c2cccc(N3C[C@H]4CC[C@@H](C3)N4C(=O)O)c21. The molecule has 3 heterocycles. The fourth-order valence-electron chi connectivity index (χ4n) is 3.95. The number of benzene rings is 1. The van der Waals surface area contributed by atoms with Crippen molar-refractivity contribution in [1.29, 1.82) is 0 Å². The van der Waals surface area contributed by atoms with Crippen LogP contribution in [0.15, 0.2) is 23.0 Å². The zero-order valence-electron chi connectivity index (χ0n) is 12.3. The monoisotopic (exact) mass is 302 g/mol. The lowest BCUT2D eigenvalue weighted by Crippen LogP contribution is -2.55. The van der Waals surface area contributed by atoms with Gasteiger partial charge in [-0.15, -0.1) is 0 Å². The molecule has 116 valence electrons. The lowest BCUT2D eigenvalue weighted by molar-refractivity contribution is 0.115. The highest BCUT2D eigenvalue weighted by Crippen LogP contribution is 2.34. The number of nitrogens with one attached hydrogen (secondary N) is 1. The fraction of sp³-hybridized carbons (Fsp3) is 0.467. The zero-order chi connectivity index (χ0) is 15.4. The predicted molar refractivity (Wildman–Crippen MR) is 82.4 cm³/mol. The molecule has 2 aliphatic rings. The molecule has 1 amide bonds. The van der Waals surface area contributed by atoms with Crippen molar-refractivity contribution < 1.29 is 9.90 Å². The lowest BCUT2D eigenvalue weighted by Gasteiger charge is -2.40. The van der Waals surface area contributed by atoms with Gasteiger partial charge in [-0.05, 0) is 25.0 Å². The van der Waals surface area contributed by atoms with E-state index in [0.29, 0.717) is 13.1 Å². The number of carboxylic acid groups (broad SMARTS) is 1. The minimum atomic E-state index is -0.820. The predicted octanol–water partition coefficient (Wildman–Crippen LogP) is 1.20. The number of aryl methyl sites for hydroxylation is 1. The molecule has 0 unspecified atom stereocenters. The van der Waals surface area contributed by atoms with Crippen molar-refractivity contribution in [2.45, 2.75) is 24.9 Å². The first-order valence-electron chi connectivity index (χ1n) is 7.50. The molecule has 2 saturated heterocycles.